The summed E-state index contributed by atoms with van der Waals surface area (Å²) in [4.78, 5) is 19.6. The minimum absolute atomic E-state index is 0.00377. The van der Waals surface area contributed by atoms with E-state index in [0.717, 1.165) is 0 Å². The molecule has 0 radical (unpaired) electrons. The average molecular weight is 298 g/mol. The third-order valence-electron chi connectivity index (χ3n) is 2.27. The zero-order valence-electron chi connectivity index (χ0n) is 9.69. The Balaban J connectivity index is 2.69. The Morgan fingerprint density at radius 2 is 2.16 bits per heavy atom. The number of hydrogen-bond donors (Lipinski definition) is 1. The minimum atomic E-state index is -0.737. The Morgan fingerprint density at radius 1 is 1.42 bits per heavy atom. The van der Waals surface area contributed by atoms with Crippen molar-refractivity contribution in [3.05, 3.63) is 40.5 Å². The monoisotopic (exact) mass is 297 g/mol. The Kier molecular flexibility index (Phi) is 3.87. The van der Waals surface area contributed by atoms with Gasteiger partial charge >= 0.3 is 0 Å². The maximum absolute atomic E-state index is 11.3. The first-order valence-corrected chi connectivity index (χ1v) is 5.99. The van der Waals surface area contributed by atoms with Gasteiger partial charge in [-0.15, -0.1) is 0 Å². The lowest BCUT2D eigenvalue weighted by atomic mass is 10.3. The number of amides is 1. The summed E-state index contributed by atoms with van der Waals surface area (Å²) in [5.41, 5.74) is 5.93. The van der Waals surface area contributed by atoms with Crippen LogP contribution < -0.4 is 10.5 Å². The van der Waals surface area contributed by atoms with Gasteiger partial charge in [0.15, 0.2) is 5.69 Å². The smallest absolute Gasteiger partial charge is 0.272 e. The van der Waals surface area contributed by atoms with E-state index in [1.54, 1.807) is 12.1 Å². The molecule has 0 aliphatic heterocycles. The van der Waals surface area contributed by atoms with E-state index < -0.39 is 5.91 Å². The summed E-state index contributed by atoms with van der Waals surface area (Å²) in [6, 6.07) is 3.16. The second-order valence-electron chi connectivity index (χ2n) is 3.57. The molecule has 0 aliphatic carbocycles. The molecule has 0 fully saturated rings. The van der Waals surface area contributed by atoms with Crippen LogP contribution in [0.3, 0.4) is 0 Å². The van der Waals surface area contributed by atoms with Gasteiger partial charge in [0, 0.05) is 0 Å². The number of hydrogen-bond acceptors (Lipinski definition) is 4. The molecule has 1 aromatic heterocycles. The number of benzene rings is 1. The second-order valence-corrected chi connectivity index (χ2v) is 4.36. The number of nitrogens with two attached hydrogens (primary N) is 1. The topological polar surface area (TPSA) is 78.1 Å². The van der Waals surface area contributed by atoms with Gasteiger partial charge in [0.05, 0.1) is 15.6 Å². The van der Waals surface area contributed by atoms with Gasteiger partial charge < -0.3 is 10.5 Å². The van der Waals surface area contributed by atoms with Crippen LogP contribution in [0.15, 0.2) is 24.8 Å². The first kappa shape index (κ1) is 13.6. The predicted molar refractivity (Wildman–Crippen MR) is 73.8 cm³/mol. The molecule has 0 spiro atoms. The van der Waals surface area contributed by atoms with Gasteiger partial charge in [0.2, 0.25) is 5.88 Å². The first-order valence-electron chi connectivity index (χ1n) is 5.24. The van der Waals surface area contributed by atoms with Gasteiger partial charge in [0.1, 0.15) is 12.1 Å². The highest BCUT2D eigenvalue weighted by atomic mass is 35.5. The zero-order chi connectivity index (χ0) is 14.0. The van der Waals surface area contributed by atoms with E-state index in [4.69, 9.17) is 33.7 Å². The van der Waals surface area contributed by atoms with Gasteiger partial charge in [-0.1, -0.05) is 35.9 Å². The maximum atomic E-state index is 11.3. The molecular weight excluding hydrogens is 289 g/mol. The van der Waals surface area contributed by atoms with E-state index in [9.17, 15) is 4.79 Å². The summed E-state index contributed by atoms with van der Waals surface area (Å²) >= 11 is 11.9. The fourth-order valence-corrected chi connectivity index (χ4v) is 1.80. The van der Waals surface area contributed by atoms with Gasteiger partial charge in [-0.05, 0) is 12.1 Å². The number of ether oxygens (including phenoxy) is 1. The van der Waals surface area contributed by atoms with Crippen LogP contribution >= 0.6 is 23.2 Å². The van der Waals surface area contributed by atoms with Gasteiger partial charge in [-0.3, -0.25) is 4.79 Å². The molecule has 1 aromatic carbocycles. The summed E-state index contributed by atoms with van der Waals surface area (Å²) in [5.74, 6) is -0.733. The second kappa shape index (κ2) is 5.42. The molecule has 2 N–H and O–H groups in total. The molecule has 5 nitrogen and oxygen atoms in total. The third-order valence-corrected chi connectivity index (χ3v) is 3.06. The highest BCUT2D eigenvalue weighted by molar-refractivity contribution is 6.44. The van der Waals surface area contributed by atoms with Crippen molar-refractivity contribution in [1.82, 2.24) is 9.97 Å². The normalized spacial score (nSPS) is 10.4. The molecule has 0 bridgehead atoms. The summed E-state index contributed by atoms with van der Waals surface area (Å²) in [7, 11) is 0. The summed E-state index contributed by atoms with van der Waals surface area (Å²) in [6.07, 6.45) is 1.51. The average Bonchev–Trinajstić information content (AvgIpc) is 2.40. The highest BCUT2D eigenvalue weighted by Crippen LogP contribution is 2.30. The third kappa shape index (κ3) is 2.62. The van der Waals surface area contributed by atoms with Crippen molar-refractivity contribution >= 4 is 40.1 Å². The molecule has 0 unspecified atom stereocenters. The molecule has 1 amide bonds. The fraction of sp³-hybridized carbons (Fsp3) is 0.0833. The quantitative estimate of drug-likeness (QED) is 0.880. The van der Waals surface area contributed by atoms with E-state index >= 15 is 0 Å². The number of carbonyl (C=O) groups excluding carboxylic acids is 1. The van der Waals surface area contributed by atoms with Crippen molar-refractivity contribution in [2.24, 2.45) is 5.73 Å². The Hall–Kier alpha value is -1.85. The van der Waals surface area contributed by atoms with Crippen LogP contribution in [-0.4, -0.2) is 22.5 Å². The number of aromatic nitrogens is 2. The maximum Gasteiger partial charge on any atom is 0.272 e. The predicted octanol–water partition coefficient (Wildman–Crippen LogP) is 2.60. The van der Waals surface area contributed by atoms with Crippen LogP contribution in [0.1, 0.15) is 10.5 Å². The lowest BCUT2D eigenvalue weighted by Crippen LogP contribution is -2.16. The Morgan fingerprint density at radius 3 is 2.79 bits per heavy atom. The fourth-order valence-electron chi connectivity index (χ4n) is 1.45. The van der Waals surface area contributed by atoms with Crippen molar-refractivity contribution in [1.29, 1.82) is 0 Å². The Bertz CT molecular complexity index is 674. The van der Waals surface area contributed by atoms with Crippen LogP contribution in [0.25, 0.3) is 11.0 Å². The SMILES string of the molecule is C=CCOc1nc2c(Cl)c(Cl)ccc2nc1C(N)=O. The highest BCUT2D eigenvalue weighted by Gasteiger charge is 2.17. The molecule has 0 saturated heterocycles. The molecule has 0 atom stereocenters. The lowest BCUT2D eigenvalue weighted by molar-refractivity contribution is 0.0991. The standard InChI is InChI=1S/C12H9Cl2N3O2/c1-2-5-19-12-10(11(15)18)16-7-4-3-6(13)8(14)9(7)17-12/h2-4H,1,5H2,(H2,15,18). The van der Waals surface area contributed by atoms with Crippen molar-refractivity contribution < 1.29 is 9.53 Å². The summed E-state index contributed by atoms with van der Waals surface area (Å²) in [5, 5.41) is 0.580. The molecule has 0 saturated carbocycles. The Labute approximate surface area is 119 Å². The van der Waals surface area contributed by atoms with E-state index in [1.165, 1.54) is 6.08 Å². The minimum Gasteiger partial charge on any atom is -0.472 e. The molecule has 98 valence electrons. The van der Waals surface area contributed by atoms with Crippen LogP contribution in [-0.2, 0) is 0 Å². The van der Waals surface area contributed by atoms with Crippen LogP contribution in [0.2, 0.25) is 10.0 Å². The number of primary amides is 1. The van der Waals surface area contributed by atoms with Gasteiger partial charge in [-0.2, -0.15) is 0 Å². The largest absolute Gasteiger partial charge is 0.472 e. The van der Waals surface area contributed by atoms with E-state index in [2.05, 4.69) is 16.5 Å². The van der Waals surface area contributed by atoms with Gasteiger partial charge in [-0.25, -0.2) is 9.97 Å². The van der Waals surface area contributed by atoms with Crippen molar-refractivity contribution in [2.45, 2.75) is 0 Å². The number of halogens is 2. The number of fused-ring (bicyclic) bond motifs is 1. The molecule has 19 heavy (non-hydrogen) atoms. The molecule has 7 heteroatoms. The zero-order valence-corrected chi connectivity index (χ0v) is 11.2. The summed E-state index contributed by atoms with van der Waals surface area (Å²) < 4.78 is 5.26. The van der Waals surface area contributed by atoms with E-state index in [1.807, 2.05) is 0 Å². The lowest BCUT2D eigenvalue weighted by Gasteiger charge is -2.08. The molecular formula is C12H9Cl2N3O2. The van der Waals surface area contributed by atoms with Crippen LogP contribution in [0.4, 0.5) is 0 Å². The van der Waals surface area contributed by atoms with Crippen LogP contribution in [0.5, 0.6) is 5.88 Å². The van der Waals surface area contributed by atoms with Crippen molar-refractivity contribution in [3.8, 4) is 5.88 Å². The molecule has 1 heterocycles. The van der Waals surface area contributed by atoms with Gasteiger partial charge in [0.25, 0.3) is 5.91 Å². The number of rotatable bonds is 4. The van der Waals surface area contributed by atoms with E-state index in [-0.39, 0.29) is 23.2 Å². The summed E-state index contributed by atoms with van der Waals surface area (Å²) in [6.45, 7) is 3.67. The first-order chi connectivity index (χ1) is 9.04. The molecule has 2 aromatic rings. The van der Waals surface area contributed by atoms with Crippen molar-refractivity contribution in [3.63, 3.8) is 0 Å². The molecule has 0 aliphatic rings. The number of carbonyl (C=O) groups is 1. The van der Waals surface area contributed by atoms with E-state index in [0.29, 0.717) is 16.1 Å². The number of nitrogens with zero attached hydrogens (tertiary/aromatic N) is 2. The molecule has 2 rings (SSSR count). The van der Waals surface area contributed by atoms with Crippen molar-refractivity contribution in [2.75, 3.05) is 6.61 Å². The van der Waals surface area contributed by atoms with Crippen LogP contribution in [0, 0.1) is 0 Å².